The highest BCUT2D eigenvalue weighted by molar-refractivity contribution is 7.99. The molecule has 2 aliphatic rings. The van der Waals surface area contributed by atoms with Crippen LogP contribution in [0.25, 0.3) is 11.0 Å². The maximum absolute atomic E-state index is 13.2. The molecule has 0 saturated heterocycles. The van der Waals surface area contributed by atoms with Crippen LogP contribution in [0.15, 0.2) is 16.1 Å². The van der Waals surface area contributed by atoms with E-state index in [9.17, 15) is 9.59 Å². The molecule has 8 heteroatoms. The van der Waals surface area contributed by atoms with Crippen LogP contribution in [0.4, 0.5) is 0 Å². The van der Waals surface area contributed by atoms with Gasteiger partial charge in [0.15, 0.2) is 10.8 Å². The summed E-state index contributed by atoms with van der Waals surface area (Å²) < 4.78 is 3.52. The Labute approximate surface area is 169 Å². The molecule has 2 aromatic heterocycles. The quantitative estimate of drug-likeness (QED) is 0.736. The highest BCUT2D eigenvalue weighted by Gasteiger charge is 2.32. The molecular weight excluding hydrogens is 374 g/mol. The number of hydrogen-bond acceptors (Lipinski definition) is 5. The molecule has 4 rings (SSSR count). The van der Waals surface area contributed by atoms with Gasteiger partial charge in [-0.05, 0) is 33.6 Å². The average molecular weight is 404 g/mol. The van der Waals surface area contributed by atoms with Crippen molar-refractivity contribution in [2.24, 2.45) is 0 Å². The summed E-state index contributed by atoms with van der Waals surface area (Å²) in [5.74, 6) is 0.838. The van der Waals surface area contributed by atoms with Crippen LogP contribution < -0.4 is 5.56 Å². The molecule has 1 aliphatic heterocycles. The van der Waals surface area contributed by atoms with E-state index in [1.165, 1.54) is 19.3 Å². The van der Waals surface area contributed by atoms with Gasteiger partial charge in [-0.15, -0.1) is 0 Å². The summed E-state index contributed by atoms with van der Waals surface area (Å²) in [6.45, 7) is 6.13. The fourth-order valence-corrected chi connectivity index (χ4v) is 5.42. The number of carbonyl (C=O) groups excluding carboxylic acids is 1. The van der Waals surface area contributed by atoms with Crippen molar-refractivity contribution in [2.45, 2.75) is 82.1 Å². The van der Waals surface area contributed by atoms with E-state index in [0.29, 0.717) is 34.4 Å². The second-order valence-electron chi connectivity index (χ2n) is 9.00. The second-order valence-corrected chi connectivity index (χ2v) is 9.99. The molecule has 152 valence electrons. The first kappa shape index (κ1) is 19.5. The molecule has 28 heavy (non-hydrogen) atoms. The topological polar surface area (TPSA) is 73.0 Å². The van der Waals surface area contributed by atoms with E-state index < -0.39 is 0 Å². The first-order valence-corrected chi connectivity index (χ1v) is 11.1. The SMILES string of the molecule is CN(C(=O)CC1CSc2nc3c(cnn3C(C)(C)C)c(=O)n21)C1CCCCC1. The van der Waals surface area contributed by atoms with Gasteiger partial charge in [0, 0.05) is 25.3 Å². The van der Waals surface area contributed by atoms with Gasteiger partial charge in [-0.3, -0.25) is 14.2 Å². The molecule has 0 radical (unpaired) electrons. The fourth-order valence-electron chi connectivity index (χ4n) is 4.29. The molecule has 3 heterocycles. The van der Waals surface area contributed by atoms with Gasteiger partial charge in [-0.2, -0.15) is 5.10 Å². The van der Waals surface area contributed by atoms with Crippen LogP contribution >= 0.6 is 11.8 Å². The van der Waals surface area contributed by atoms with Crippen molar-refractivity contribution in [3.05, 3.63) is 16.6 Å². The smallest absolute Gasteiger partial charge is 0.265 e. The lowest BCUT2D eigenvalue weighted by molar-refractivity contribution is -0.133. The van der Waals surface area contributed by atoms with Crippen molar-refractivity contribution in [2.75, 3.05) is 12.8 Å². The highest BCUT2D eigenvalue weighted by Crippen LogP contribution is 2.34. The molecule has 1 unspecified atom stereocenters. The minimum absolute atomic E-state index is 0.0846. The van der Waals surface area contributed by atoms with Gasteiger partial charge < -0.3 is 4.90 Å². The third kappa shape index (κ3) is 3.36. The lowest BCUT2D eigenvalue weighted by Crippen LogP contribution is -2.40. The maximum atomic E-state index is 13.2. The van der Waals surface area contributed by atoms with E-state index in [2.05, 4.69) is 5.10 Å². The van der Waals surface area contributed by atoms with Crippen molar-refractivity contribution < 1.29 is 4.79 Å². The highest BCUT2D eigenvalue weighted by atomic mass is 32.2. The molecule has 0 bridgehead atoms. The summed E-state index contributed by atoms with van der Waals surface area (Å²) in [7, 11) is 1.92. The van der Waals surface area contributed by atoms with Gasteiger partial charge in [0.2, 0.25) is 5.91 Å². The fraction of sp³-hybridized carbons (Fsp3) is 0.700. The third-order valence-corrected chi connectivity index (χ3v) is 7.03. The summed E-state index contributed by atoms with van der Waals surface area (Å²) in [5.41, 5.74) is 0.294. The first-order valence-electron chi connectivity index (χ1n) is 10.2. The Morgan fingerprint density at radius 3 is 2.68 bits per heavy atom. The van der Waals surface area contributed by atoms with Gasteiger partial charge in [-0.1, -0.05) is 31.0 Å². The Morgan fingerprint density at radius 1 is 1.29 bits per heavy atom. The molecule has 0 N–H and O–H groups in total. The van der Waals surface area contributed by atoms with E-state index >= 15 is 0 Å². The number of aromatic nitrogens is 4. The number of carbonyl (C=O) groups is 1. The average Bonchev–Trinajstić information content (AvgIpc) is 3.26. The van der Waals surface area contributed by atoms with Crippen LogP contribution in [-0.4, -0.2) is 49.0 Å². The lowest BCUT2D eigenvalue weighted by Gasteiger charge is -2.32. The number of thioether (sulfide) groups is 1. The first-order chi connectivity index (χ1) is 13.3. The largest absolute Gasteiger partial charge is 0.343 e. The summed E-state index contributed by atoms with van der Waals surface area (Å²) in [5, 5.41) is 5.62. The zero-order valence-corrected chi connectivity index (χ0v) is 18.0. The zero-order chi connectivity index (χ0) is 20.1. The van der Waals surface area contributed by atoms with Crippen LogP contribution in [0.2, 0.25) is 0 Å². The van der Waals surface area contributed by atoms with E-state index in [1.54, 1.807) is 27.2 Å². The van der Waals surface area contributed by atoms with Gasteiger partial charge in [0.25, 0.3) is 5.56 Å². The van der Waals surface area contributed by atoms with Crippen LogP contribution in [-0.2, 0) is 10.3 Å². The summed E-state index contributed by atoms with van der Waals surface area (Å²) in [6.07, 6.45) is 7.81. The van der Waals surface area contributed by atoms with Crippen LogP contribution in [0.1, 0.15) is 65.3 Å². The van der Waals surface area contributed by atoms with E-state index in [-0.39, 0.29) is 23.0 Å². The van der Waals surface area contributed by atoms with Gasteiger partial charge in [0.1, 0.15) is 5.39 Å². The standard InChI is InChI=1S/C20H29N5O2S/c1-20(2,3)25-17-15(11-21-25)18(27)24-14(12-28-19(24)22-17)10-16(26)23(4)13-8-6-5-7-9-13/h11,13-14H,5-10,12H2,1-4H3. The van der Waals surface area contributed by atoms with Crippen molar-refractivity contribution in [3.63, 3.8) is 0 Å². The summed E-state index contributed by atoms with van der Waals surface area (Å²) >= 11 is 1.56. The van der Waals surface area contributed by atoms with Gasteiger partial charge in [-0.25, -0.2) is 9.67 Å². The van der Waals surface area contributed by atoms with Crippen molar-refractivity contribution in [1.29, 1.82) is 0 Å². The Bertz CT molecular complexity index is 952. The number of fused-ring (bicyclic) bond motifs is 2. The Kier molecular flexibility index (Phi) is 5.02. The summed E-state index contributed by atoms with van der Waals surface area (Å²) in [4.78, 5) is 32.7. The number of nitrogens with zero attached hydrogens (tertiary/aromatic N) is 5. The Hall–Kier alpha value is -1.83. The molecule has 1 amide bonds. The van der Waals surface area contributed by atoms with Crippen LogP contribution in [0.5, 0.6) is 0 Å². The van der Waals surface area contributed by atoms with E-state index in [1.807, 2.05) is 32.7 Å². The van der Waals surface area contributed by atoms with E-state index in [4.69, 9.17) is 4.98 Å². The third-order valence-electron chi connectivity index (χ3n) is 5.93. The van der Waals surface area contributed by atoms with Gasteiger partial charge >= 0.3 is 0 Å². The molecule has 0 spiro atoms. The minimum atomic E-state index is -0.249. The maximum Gasteiger partial charge on any atom is 0.265 e. The molecular formula is C20H29N5O2S. The number of amides is 1. The van der Waals surface area contributed by atoms with Crippen molar-refractivity contribution >= 4 is 28.7 Å². The van der Waals surface area contributed by atoms with Crippen molar-refractivity contribution in [3.8, 4) is 0 Å². The van der Waals surface area contributed by atoms with E-state index in [0.717, 1.165) is 12.8 Å². The van der Waals surface area contributed by atoms with Crippen LogP contribution in [0.3, 0.4) is 0 Å². The lowest BCUT2D eigenvalue weighted by atomic mass is 9.94. The molecule has 7 nitrogen and oxygen atoms in total. The molecule has 1 atom stereocenters. The Morgan fingerprint density at radius 2 is 2.00 bits per heavy atom. The second kappa shape index (κ2) is 7.21. The molecule has 2 aromatic rings. The van der Waals surface area contributed by atoms with Crippen LogP contribution in [0, 0.1) is 0 Å². The van der Waals surface area contributed by atoms with Crippen molar-refractivity contribution in [1.82, 2.24) is 24.2 Å². The molecule has 1 saturated carbocycles. The number of rotatable bonds is 3. The summed E-state index contributed by atoms with van der Waals surface area (Å²) in [6, 6.07) is 0.207. The molecule has 1 aliphatic carbocycles. The van der Waals surface area contributed by atoms with Gasteiger partial charge in [0.05, 0.1) is 17.8 Å². The number of hydrogen-bond donors (Lipinski definition) is 0. The predicted molar refractivity (Wildman–Crippen MR) is 111 cm³/mol. The monoisotopic (exact) mass is 403 g/mol. The Balaban J connectivity index is 1.60. The molecule has 0 aromatic carbocycles. The molecule has 1 fully saturated rings. The minimum Gasteiger partial charge on any atom is -0.343 e. The normalized spacial score (nSPS) is 20.5. The zero-order valence-electron chi connectivity index (χ0n) is 17.1. The predicted octanol–water partition coefficient (Wildman–Crippen LogP) is 3.18.